The molecule has 2 fully saturated rings. The van der Waals surface area contributed by atoms with Gasteiger partial charge in [0.15, 0.2) is 0 Å². The number of amides is 2. The maximum absolute atomic E-state index is 13.4. The molecule has 4 rings (SSSR count). The number of anilines is 1. The molecule has 2 aliphatic carbocycles. The zero-order valence-electron chi connectivity index (χ0n) is 18.3. The first-order valence-corrected chi connectivity index (χ1v) is 11.5. The van der Waals surface area contributed by atoms with Gasteiger partial charge in [0.25, 0.3) is 5.91 Å². The molecule has 0 heterocycles. The summed E-state index contributed by atoms with van der Waals surface area (Å²) in [5.74, 6) is 0.213. The van der Waals surface area contributed by atoms with Gasteiger partial charge < -0.3 is 16.0 Å². The smallest absolute Gasteiger partial charge is 0.254 e. The van der Waals surface area contributed by atoms with E-state index in [0.29, 0.717) is 17.7 Å². The molecule has 6 nitrogen and oxygen atoms in total. The lowest BCUT2D eigenvalue weighted by Crippen LogP contribution is -2.43. The Kier molecular flexibility index (Phi) is 6.87. The molecule has 0 atom stereocenters. The number of nitrogens with zero attached hydrogens (tertiary/aromatic N) is 2. The van der Waals surface area contributed by atoms with E-state index in [1.165, 1.54) is 0 Å². The van der Waals surface area contributed by atoms with Crippen LogP contribution in [0.5, 0.6) is 0 Å². The van der Waals surface area contributed by atoms with Gasteiger partial charge in [0.05, 0.1) is 11.6 Å². The minimum Gasteiger partial charge on any atom is -0.331 e. The van der Waals surface area contributed by atoms with Gasteiger partial charge in [0, 0.05) is 35.8 Å². The normalized spacial score (nSPS) is 20.6. The number of carbonyl (C=O) groups excluding carboxylic acids is 2. The average molecular weight is 431 g/mol. The van der Waals surface area contributed by atoms with Crippen LogP contribution in [0, 0.1) is 17.2 Å². The van der Waals surface area contributed by atoms with Crippen LogP contribution in [0.2, 0.25) is 0 Å². The van der Waals surface area contributed by atoms with E-state index in [1.54, 1.807) is 24.3 Å². The average Bonchev–Trinajstić information content (AvgIpc) is 2.78. The number of nitrogens with two attached hydrogens (primary N) is 1. The Labute approximate surface area is 189 Å². The van der Waals surface area contributed by atoms with E-state index < -0.39 is 0 Å². The molecule has 6 heteroatoms. The van der Waals surface area contributed by atoms with Crippen molar-refractivity contribution in [1.29, 1.82) is 5.26 Å². The summed E-state index contributed by atoms with van der Waals surface area (Å²) < 4.78 is 0. The predicted octanol–water partition coefficient (Wildman–Crippen LogP) is 4.21. The van der Waals surface area contributed by atoms with Crippen LogP contribution in [-0.2, 0) is 11.3 Å². The van der Waals surface area contributed by atoms with Crippen LogP contribution in [0.3, 0.4) is 0 Å². The highest BCUT2D eigenvalue weighted by Gasteiger charge is 2.29. The monoisotopic (exact) mass is 430 g/mol. The molecule has 0 bridgehead atoms. The van der Waals surface area contributed by atoms with Gasteiger partial charge in [-0.2, -0.15) is 5.26 Å². The van der Waals surface area contributed by atoms with Crippen LogP contribution >= 0.6 is 0 Å². The van der Waals surface area contributed by atoms with Crippen LogP contribution < -0.4 is 11.1 Å². The SMILES string of the molecule is N#Cc1ccc(C(=O)N(Cc2ccc(NC(=O)C3CCC3)cc2)C2CCC(N)CC2)cc1. The molecule has 0 radical (unpaired) electrons. The topological polar surface area (TPSA) is 99.2 Å². The van der Waals surface area contributed by atoms with Crippen molar-refractivity contribution in [3.8, 4) is 6.07 Å². The Bertz CT molecular complexity index is 982. The minimum atomic E-state index is -0.0303. The Hall–Kier alpha value is -3.17. The van der Waals surface area contributed by atoms with Crippen molar-refractivity contribution in [1.82, 2.24) is 4.90 Å². The highest BCUT2D eigenvalue weighted by molar-refractivity contribution is 5.94. The second-order valence-electron chi connectivity index (χ2n) is 9.00. The van der Waals surface area contributed by atoms with Crippen molar-refractivity contribution >= 4 is 17.5 Å². The van der Waals surface area contributed by atoms with Crippen molar-refractivity contribution in [3.05, 3.63) is 65.2 Å². The molecule has 0 spiro atoms. The maximum atomic E-state index is 13.4. The molecule has 166 valence electrons. The van der Waals surface area contributed by atoms with Crippen molar-refractivity contribution in [3.63, 3.8) is 0 Å². The first-order valence-electron chi connectivity index (χ1n) is 11.5. The van der Waals surface area contributed by atoms with Gasteiger partial charge in [-0.15, -0.1) is 0 Å². The van der Waals surface area contributed by atoms with Crippen LogP contribution in [0.4, 0.5) is 5.69 Å². The largest absolute Gasteiger partial charge is 0.331 e. The summed E-state index contributed by atoms with van der Waals surface area (Å²) >= 11 is 0. The molecular formula is C26H30N4O2. The first-order chi connectivity index (χ1) is 15.5. The number of nitriles is 1. The third-order valence-corrected chi connectivity index (χ3v) is 6.75. The van der Waals surface area contributed by atoms with Crippen molar-refractivity contribution in [2.75, 3.05) is 5.32 Å². The Morgan fingerprint density at radius 2 is 1.62 bits per heavy atom. The molecule has 0 saturated heterocycles. The molecule has 0 aliphatic heterocycles. The van der Waals surface area contributed by atoms with Gasteiger partial charge in [0.2, 0.25) is 5.91 Å². The van der Waals surface area contributed by atoms with E-state index in [9.17, 15) is 9.59 Å². The number of nitrogens with one attached hydrogen (secondary N) is 1. The number of benzene rings is 2. The standard InChI is InChI=1S/C26H30N4O2/c27-16-18-4-8-21(9-5-18)26(32)30(24-14-10-22(28)11-15-24)17-19-6-12-23(13-7-19)29-25(31)20-2-1-3-20/h4-9,12-13,20,22,24H,1-3,10-11,14-15,17,28H2,(H,29,31). The summed E-state index contributed by atoms with van der Waals surface area (Å²) in [6.07, 6.45) is 6.67. The van der Waals surface area contributed by atoms with Gasteiger partial charge in [0.1, 0.15) is 0 Å². The zero-order valence-corrected chi connectivity index (χ0v) is 18.3. The Morgan fingerprint density at radius 1 is 0.969 bits per heavy atom. The summed E-state index contributed by atoms with van der Waals surface area (Å²) in [6, 6.07) is 17.0. The lowest BCUT2D eigenvalue weighted by atomic mass is 9.85. The number of carbonyl (C=O) groups is 2. The van der Waals surface area contributed by atoms with Crippen molar-refractivity contribution < 1.29 is 9.59 Å². The number of hydrogen-bond donors (Lipinski definition) is 2. The van der Waals surface area contributed by atoms with Gasteiger partial charge in [-0.05, 0) is 80.5 Å². The molecule has 2 aliphatic rings. The summed E-state index contributed by atoms with van der Waals surface area (Å²) in [5, 5.41) is 12.0. The van der Waals surface area contributed by atoms with E-state index in [-0.39, 0.29) is 29.8 Å². The van der Waals surface area contributed by atoms with Gasteiger partial charge in [-0.25, -0.2) is 0 Å². The lowest BCUT2D eigenvalue weighted by molar-refractivity contribution is -0.122. The van der Waals surface area contributed by atoms with E-state index >= 15 is 0 Å². The second-order valence-corrected chi connectivity index (χ2v) is 9.00. The molecule has 2 saturated carbocycles. The van der Waals surface area contributed by atoms with E-state index in [2.05, 4.69) is 11.4 Å². The maximum Gasteiger partial charge on any atom is 0.254 e. The quantitative estimate of drug-likeness (QED) is 0.717. The highest BCUT2D eigenvalue weighted by atomic mass is 16.2. The Morgan fingerprint density at radius 3 is 2.19 bits per heavy atom. The van der Waals surface area contributed by atoms with Crippen LogP contribution in [0.25, 0.3) is 0 Å². The second kappa shape index (κ2) is 9.97. The molecule has 3 N–H and O–H groups in total. The fourth-order valence-corrected chi connectivity index (χ4v) is 4.44. The minimum absolute atomic E-state index is 0.0303. The van der Waals surface area contributed by atoms with Crippen LogP contribution in [0.15, 0.2) is 48.5 Å². The summed E-state index contributed by atoms with van der Waals surface area (Å²) in [7, 11) is 0. The molecule has 2 aromatic carbocycles. The first kappa shape index (κ1) is 22.0. The van der Waals surface area contributed by atoms with Crippen LogP contribution in [0.1, 0.15) is 66.4 Å². The van der Waals surface area contributed by atoms with E-state index in [0.717, 1.165) is 56.2 Å². The third kappa shape index (κ3) is 5.17. The van der Waals surface area contributed by atoms with Crippen molar-refractivity contribution in [2.45, 2.75) is 63.6 Å². The zero-order chi connectivity index (χ0) is 22.5. The number of rotatable bonds is 6. The molecule has 2 aromatic rings. The van der Waals surface area contributed by atoms with Crippen LogP contribution in [-0.4, -0.2) is 28.8 Å². The number of hydrogen-bond acceptors (Lipinski definition) is 4. The van der Waals surface area contributed by atoms with Gasteiger partial charge in [-0.1, -0.05) is 18.6 Å². The van der Waals surface area contributed by atoms with Crippen molar-refractivity contribution in [2.24, 2.45) is 11.7 Å². The fraction of sp³-hybridized carbons (Fsp3) is 0.423. The molecule has 32 heavy (non-hydrogen) atoms. The van der Waals surface area contributed by atoms with E-state index in [4.69, 9.17) is 11.0 Å². The summed E-state index contributed by atoms with van der Waals surface area (Å²) in [5.41, 5.74) is 9.02. The molecule has 2 amide bonds. The molecular weight excluding hydrogens is 400 g/mol. The molecule has 0 aromatic heterocycles. The predicted molar refractivity (Wildman–Crippen MR) is 124 cm³/mol. The summed E-state index contributed by atoms with van der Waals surface area (Å²) in [4.78, 5) is 27.5. The lowest BCUT2D eigenvalue weighted by Gasteiger charge is -2.36. The Balaban J connectivity index is 1.48. The highest BCUT2D eigenvalue weighted by Crippen LogP contribution is 2.28. The van der Waals surface area contributed by atoms with E-state index in [1.807, 2.05) is 29.2 Å². The van der Waals surface area contributed by atoms with Gasteiger partial charge in [-0.3, -0.25) is 9.59 Å². The third-order valence-electron chi connectivity index (χ3n) is 6.75. The van der Waals surface area contributed by atoms with Gasteiger partial charge >= 0.3 is 0 Å². The molecule has 0 unspecified atom stereocenters. The fourth-order valence-electron chi connectivity index (χ4n) is 4.44. The summed E-state index contributed by atoms with van der Waals surface area (Å²) in [6.45, 7) is 0.496.